The summed E-state index contributed by atoms with van der Waals surface area (Å²) in [4.78, 5) is 32.0. The smallest absolute Gasteiger partial charge is 0.254 e. The summed E-state index contributed by atoms with van der Waals surface area (Å²) < 4.78 is 8.16. The largest absolute Gasteiger partial charge is 0.489 e. The molecule has 2 aliphatic rings. The average Bonchev–Trinajstić information content (AvgIpc) is 3.70. The lowest BCUT2D eigenvalue weighted by molar-refractivity contribution is -0.125. The van der Waals surface area contributed by atoms with Crippen LogP contribution in [0, 0.1) is 0 Å². The van der Waals surface area contributed by atoms with Crippen LogP contribution in [0.1, 0.15) is 33.9 Å². The zero-order valence-electron chi connectivity index (χ0n) is 21.8. The highest BCUT2D eigenvalue weighted by atomic mass is 16.5. The molecule has 2 amide bonds. The summed E-state index contributed by atoms with van der Waals surface area (Å²) in [5, 5.41) is 5.01. The Labute approximate surface area is 227 Å². The number of benzene rings is 2. The zero-order chi connectivity index (χ0) is 26.9. The summed E-state index contributed by atoms with van der Waals surface area (Å²) >= 11 is 0. The highest BCUT2D eigenvalue weighted by Gasteiger charge is 2.28. The van der Waals surface area contributed by atoms with Crippen LogP contribution in [-0.4, -0.2) is 56.5 Å². The zero-order valence-corrected chi connectivity index (χ0v) is 21.8. The molecular weight excluding hydrogens is 490 g/mol. The molecule has 196 valence electrons. The maximum absolute atomic E-state index is 12.2. The Bertz CT molecular complexity index is 1560. The predicted molar refractivity (Wildman–Crippen MR) is 148 cm³/mol. The Kier molecular flexibility index (Phi) is 6.44. The Morgan fingerprint density at radius 3 is 2.77 bits per heavy atom. The molecule has 0 bridgehead atoms. The number of hydrogen-bond donors (Lipinski definition) is 0. The number of hydrogen-bond acceptors (Lipinski definition) is 5. The second-order valence-corrected chi connectivity index (χ2v) is 10.0. The standard InChI is InChI=1S/C31H29N5O3/c1-3-29(37)35-14-11-25(18-35)36-19-28(22-9-12-32-13-10-22)30(33-36)23-5-4-6-26(16-23)39-20-21-7-8-27-24(15-21)17-34(2)31(27)38/h3-10,12-13,15-16,19,25H,1,11,14,17-18,20H2,2H3/t25-/m0/s1. The van der Waals surface area contributed by atoms with Crippen LogP contribution >= 0.6 is 0 Å². The van der Waals surface area contributed by atoms with E-state index in [-0.39, 0.29) is 17.9 Å². The van der Waals surface area contributed by atoms with E-state index >= 15 is 0 Å². The molecule has 1 fully saturated rings. The fourth-order valence-corrected chi connectivity index (χ4v) is 5.33. The van der Waals surface area contributed by atoms with E-state index in [1.54, 1.807) is 17.3 Å². The molecule has 2 aromatic heterocycles. The summed E-state index contributed by atoms with van der Waals surface area (Å²) in [6, 6.07) is 17.9. The number of carbonyl (C=O) groups is 2. The fourth-order valence-electron chi connectivity index (χ4n) is 5.33. The Hall–Kier alpha value is -4.72. The number of likely N-dealkylation sites (tertiary alicyclic amines) is 1. The van der Waals surface area contributed by atoms with E-state index in [1.165, 1.54) is 6.08 Å². The molecule has 39 heavy (non-hydrogen) atoms. The van der Waals surface area contributed by atoms with Crippen molar-refractivity contribution in [1.82, 2.24) is 24.6 Å². The van der Waals surface area contributed by atoms with Gasteiger partial charge in [0.15, 0.2) is 0 Å². The molecule has 0 saturated carbocycles. The van der Waals surface area contributed by atoms with Crippen molar-refractivity contribution in [3.8, 4) is 28.1 Å². The quantitative estimate of drug-likeness (QED) is 0.330. The van der Waals surface area contributed by atoms with Crippen LogP contribution in [0.15, 0.2) is 85.8 Å². The summed E-state index contributed by atoms with van der Waals surface area (Å²) in [6.07, 6.45) is 7.82. The van der Waals surface area contributed by atoms with Gasteiger partial charge < -0.3 is 14.5 Å². The highest BCUT2D eigenvalue weighted by molar-refractivity contribution is 5.98. The molecule has 8 heteroatoms. The average molecular weight is 520 g/mol. The fraction of sp³-hybridized carbons (Fsp3) is 0.226. The van der Waals surface area contributed by atoms with Gasteiger partial charge >= 0.3 is 0 Å². The molecule has 1 atom stereocenters. The Morgan fingerprint density at radius 1 is 1.10 bits per heavy atom. The van der Waals surface area contributed by atoms with Crippen molar-refractivity contribution in [3.63, 3.8) is 0 Å². The van der Waals surface area contributed by atoms with E-state index in [9.17, 15) is 9.59 Å². The van der Waals surface area contributed by atoms with Gasteiger partial charge in [-0.15, -0.1) is 0 Å². The van der Waals surface area contributed by atoms with Gasteiger partial charge in [-0.3, -0.25) is 19.3 Å². The number of amides is 2. The number of carbonyl (C=O) groups excluding carboxylic acids is 2. The summed E-state index contributed by atoms with van der Waals surface area (Å²) in [6.45, 7) is 5.93. The summed E-state index contributed by atoms with van der Waals surface area (Å²) in [7, 11) is 1.81. The number of rotatable bonds is 7. The van der Waals surface area contributed by atoms with Gasteiger partial charge in [0.2, 0.25) is 5.91 Å². The molecule has 0 aliphatic carbocycles. The second-order valence-electron chi connectivity index (χ2n) is 10.0. The molecule has 2 aromatic carbocycles. The lowest BCUT2D eigenvalue weighted by Crippen LogP contribution is -2.27. The minimum atomic E-state index is -0.0499. The van der Waals surface area contributed by atoms with E-state index in [0.717, 1.165) is 51.2 Å². The molecule has 4 heterocycles. The third kappa shape index (κ3) is 4.81. The lowest BCUT2D eigenvalue weighted by Gasteiger charge is -2.14. The molecule has 2 aliphatic heterocycles. The molecular formula is C31H29N5O3. The predicted octanol–water partition coefficient (Wildman–Crippen LogP) is 4.74. The van der Waals surface area contributed by atoms with Crippen LogP contribution in [0.25, 0.3) is 22.4 Å². The minimum absolute atomic E-state index is 0.0499. The highest BCUT2D eigenvalue weighted by Crippen LogP contribution is 2.35. The van der Waals surface area contributed by atoms with Crippen LogP contribution in [0.2, 0.25) is 0 Å². The van der Waals surface area contributed by atoms with Crippen molar-refractivity contribution in [2.75, 3.05) is 20.1 Å². The molecule has 0 radical (unpaired) electrons. The lowest BCUT2D eigenvalue weighted by atomic mass is 10.0. The first-order valence-corrected chi connectivity index (χ1v) is 13.0. The first-order chi connectivity index (χ1) is 19.0. The van der Waals surface area contributed by atoms with Gasteiger partial charge in [-0.05, 0) is 65.6 Å². The molecule has 8 nitrogen and oxygen atoms in total. The monoisotopic (exact) mass is 519 g/mol. The first-order valence-electron chi connectivity index (χ1n) is 13.0. The van der Waals surface area contributed by atoms with Crippen molar-refractivity contribution < 1.29 is 14.3 Å². The molecule has 0 unspecified atom stereocenters. The SMILES string of the molecule is C=CC(=O)N1CC[C@H](n2cc(-c3ccncc3)c(-c3cccc(OCc4ccc5c(c4)CN(C)C5=O)c3)n2)C1. The van der Waals surface area contributed by atoms with Gasteiger partial charge in [0.1, 0.15) is 18.1 Å². The number of ether oxygens (including phenoxy) is 1. The van der Waals surface area contributed by atoms with E-state index in [2.05, 4.69) is 17.8 Å². The Morgan fingerprint density at radius 2 is 1.95 bits per heavy atom. The number of nitrogens with zero attached hydrogens (tertiary/aromatic N) is 5. The number of aromatic nitrogens is 3. The number of pyridine rings is 1. The van der Waals surface area contributed by atoms with E-state index in [0.29, 0.717) is 26.2 Å². The second kappa shape index (κ2) is 10.2. The summed E-state index contributed by atoms with van der Waals surface area (Å²) in [5.74, 6) is 0.748. The minimum Gasteiger partial charge on any atom is -0.489 e. The number of fused-ring (bicyclic) bond motifs is 1. The third-order valence-electron chi connectivity index (χ3n) is 7.41. The van der Waals surface area contributed by atoms with Crippen molar-refractivity contribution >= 4 is 11.8 Å². The van der Waals surface area contributed by atoms with Crippen LogP contribution in [0.3, 0.4) is 0 Å². The maximum atomic E-state index is 12.2. The molecule has 4 aromatic rings. The van der Waals surface area contributed by atoms with Gasteiger partial charge in [0.05, 0.1) is 6.04 Å². The normalized spacial score (nSPS) is 16.4. The molecule has 6 rings (SSSR count). The van der Waals surface area contributed by atoms with Crippen LogP contribution in [-0.2, 0) is 17.9 Å². The molecule has 0 N–H and O–H groups in total. The van der Waals surface area contributed by atoms with Crippen LogP contribution in [0.4, 0.5) is 0 Å². The van der Waals surface area contributed by atoms with Crippen LogP contribution in [0.5, 0.6) is 5.75 Å². The van der Waals surface area contributed by atoms with Crippen LogP contribution < -0.4 is 4.74 Å². The molecule has 1 saturated heterocycles. The van der Waals surface area contributed by atoms with E-state index in [4.69, 9.17) is 9.84 Å². The topological polar surface area (TPSA) is 80.6 Å². The third-order valence-corrected chi connectivity index (χ3v) is 7.41. The van der Waals surface area contributed by atoms with Crippen molar-refractivity contribution in [1.29, 1.82) is 0 Å². The van der Waals surface area contributed by atoms with Crippen molar-refractivity contribution in [3.05, 3.63) is 103 Å². The van der Waals surface area contributed by atoms with Crippen molar-refractivity contribution in [2.24, 2.45) is 0 Å². The van der Waals surface area contributed by atoms with E-state index in [1.807, 2.05) is 71.2 Å². The Balaban J connectivity index is 1.26. The van der Waals surface area contributed by atoms with Gasteiger partial charge in [-0.1, -0.05) is 24.8 Å². The summed E-state index contributed by atoms with van der Waals surface area (Å²) in [5.41, 5.74) is 6.62. The van der Waals surface area contributed by atoms with E-state index < -0.39 is 0 Å². The van der Waals surface area contributed by atoms with Gasteiger partial charge in [0.25, 0.3) is 5.91 Å². The van der Waals surface area contributed by atoms with Gasteiger partial charge in [-0.25, -0.2) is 0 Å². The first kappa shape index (κ1) is 24.6. The molecule has 0 spiro atoms. The van der Waals surface area contributed by atoms with Gasteiger partial charge in [0, 0.05) is 62.0 Å². The maximum Gasteiger partial charge on any atom is 0.254 e. The van der Waals surface area contributed by atoms with Crippen molar-refractivity contribution in [2.45, 2.75) is 25.6 Å². The van der Waals surface area contributed by atoms with Gasteiger partial charge in [-0.2, -0.15) is 5.10 Å².